The van der Waals surface area contributed by atoms with Crippen molar-refractivity contribution in [3.8, 4) is 5.82 Å². The van der Waals surface area contributed by atoms with Crippen LogP contribution in [0.4, 0.5) is 5.69 Å². The van der Waals surface area contributed by atoms with Gasteiger partial charge in [-0.1, -0.05) is 0 Å². The number of rotatable bonds is 4. The van der Waals surface area contributed by atoms with Crippen molar-refractivity contribution in [2.75, 3.05) is 5.32 Å². The Morgan fingerprint density at radius 1 is 1.15 bits per heavy atom. The fourth-order valence-electron chi connectivity index (χ4n) is 2.14. The minimum Gasteiger partial charge on any atom is -0.376 e. The summed E-state index contributed by atoms with van der Waals surface area (Å²) in [5.41, 5.74) is 2.09. The van der Waals surface area contributed by atoms with Crippen LogP contribution in [0.1, 0.15) is 18.7 Å². The van der Waals surface area contributed by atoms with E-state index < -0.39 is 0 Å². The second-order valence-corrected chi connectivity index (χ2v) is 4.60. The number of aryl methyl sites for hydroxylation is 1. The summed E-state index contributed by atoms with van der Waals surface area (Å²) in [5.74, 6) is 0.800. The maximum Gasteiger partial charge on any atom is 0.153 e. The molecule has 0 amide bonds. The van der Waals surface area contributed by atoms with Crippen molar-refractivity contribution in [2.24, 2.45) is 7.05 Å². The van der Waals surface area contributed by atoms with Crippen LogP contribution in [0.5, 0.6) is 0 Å². The average molecular weight is 268 g/mol. The highest BCUT2D eigenvalue weighted by Gasteiger charge is 2.09. The Bertz CT molecular complexity index is 668. The van der Waals surface area contributed by atoms with E-state index in [1.54, 1.807) is 17.1 Å². The van der Waals surface area contributed by atoms with Crippen molar-refractivity contribution >= 4 is 5.69 Å². The van der Waals surface area contributed by atoms with Crippen LogP contribution in [0.3, 0.4) is 0 Å². The van der Waals surface area contributed by atoms with E-state index in [1.165, 1.54) is 0 Å². The Morgan fingerprint density at radius 2 is 2.05 bits per heavy atom. The molecule has 0 aliphatic carbocycles. The van der Waals surface area contributed by atoms with Gasteiger partial charge in [0.25, 0.3) is 0 Å². The minimum atomic E-state index is 0.167. The minimum absolute atomic E-state index is 0.167. The Balaban J connectivity index is 1.74. The van der Waals surface area contributed by atoms with E-state index in [1.807, 2.05) is 48.4 Å². The summed E-state index contributed by atoms with van der Waals surface area (Å²) in [6.45, 7) is 2.10. The number of nitrogens with one attached hydrogen (secondary N) is 1. The zero-order valence-electron chi connectivity index (χ0n) is 11.4. The first-order valence-electron chi connectivity index (χ1n) is 6.44. The highest BCUT2D eigenvalue weighted by atomic mass is 15.3. The summed E-state index contributed by atoms with van der Waals surface area (Å²) in [6.07, 6.45) is 7.21. The van der Waals surface area contributed by atoms with Crippen molar-refractivity contribution < 1.29 is 0 Å². The first-order chi connectivity index (χ1) is 9.74. The third-order valence-electron chi connectivity index (χ3n) is 3.17. The van der Waals surface area contributed by atoms with Crippen molar-refractivity contribution in [3.63, 3.8) is 0 Å². The van der Waals surface area contributed by atoms with E-state index in [-0.39, 0.29) is 6.04 Å². The Morgan fingerprint density at radius 3 is 2.65 bits per heavy atom. The van der Waals surface area contributed by atoms with Gasteiger partial charge >= 0.3 is 0 Å². The van der Waals surface area contributed by atoms with E-state index in [0.717, 1.165) is 17.2 Å². The third-order valence-corrected chi connectivity index (χ3v) is 3.17. The van der Waals surface area contributed by atoms with Crippen LogP contribution in [-0.4, -0.2) is 24.5 Å². The number of hydrogen-bond acceptors (Lipinski definition) is 4. The molecule has 1 unspecified atom stereocenters. The first-order valence-corrected chi connectivity index (χ1v) is 6.44. The lowest BCUT2D eigenvalue weighted by atomic mass is 10.2. The average Bonchev–Trinajstić information content (AvgIpc) is 3.10. The van der Waals surface area contributed by atoms with Gasteiger partial charge in [-0.2, -0.15) is 10.2 Å². The summed E-state index contributed by atoms with van der Waals surface area (Å²) in [6, 6.07) is 7.98. The summed E-state index contributed by atoms with van der Waals surface area (Å²) in [4.78, 5) is 4.39. The van der Waals surface area contributed by atoms with Gasteiger partial charge < -0.3 is 5.32 Å². The highest BCUT2D eigenvalue weighted by molar-refractivity contribution is 5.45. The topological polar surface area (TPSA) is 60.6 Å². The van der Waals surface area contributed by atoms with Crippen LogP contribution in [0, 0.1) is 0 Å². The molecule has 102 valence electrons. The van der Waals surface area contributed by atoms with Gasteiger partial charge in [-0.15, -0.1) is 0 Å². The molecule has 1 atom stereocenters. The lowest BCUT2D eigenvalue weighted by Crippen LogP contribution is -2.11. The smallest absolute Gasteiger partial charge is 0.153 e. The van der Waals surface area contributed by atoms with Crippen molar-refractivity contribution in [1.29, 1.82) is 0 Å². The predicted octanol–water partition coefficient (Wildman–Crippen LogP) is 2.17. The highest BCUT2D eigenvalue weighted by Crippen LogP contribution is 2.18. The molecule has 0 aliphatic rings. The van der Waals surface area contributed by atoms with Crippen molar-refractivity contribution in [3.05, 3.63) is 54.7 Å². The molecule has 3 aromatic rings. The quantitative estimate of drug-likeness (QED) is 0.787. The molecule has 20 heavy (non-hydrogen) atoms. The third kappa shape index (κ3) is 2.40. The van der Waals surface area contributed by atoms with Crippen LogP contribution < -0.4 is 5.32 Å². The first kappa shape index (κ1) is 12.4. The Hall–Kier alpha value is -2.63. The van der Waals surface area contributed by atoms with Gasteiger partial charge in [0.1, 0.15) is 0 Å². The molecule has 0 bridgehead atoms. The molecular formula is C14H16N6. The monoisotopic (exact) mass is 268 g/mol. The van der Waals surface area contributed by atoms with Gasteiger partial charge in [0.15, 0.2) is 5.82 Å². The van der Waals surface area contributed by atoms with E-state index >= 15 is 0 Å². The van der Waals surface area contributed by atoms with E-state index in [9.17, 15) is 0 Å². The molecule has 3 aromatic heterocycles. The van der Waals surface area contributed by atoms with Gasteiger partial charge in [-0.25, -0.2) is 9.67 Å². The van der Waals surface area contributed by atoms with E-state index in [2.05, 4.69) is 27.4 Å². The molecule has 6 nitrogen and oxygen atoms in total. The van der Waals surface area contributed by atoms with E-state index in [0.29, 0.717) is 0 Å². The fraction of sp³-hybridized carbons (Fsp3) is 0.214. The van der Waals surface area contributed by atoms with Crippen LogP contribution in [0.15, 0.2) is 49.1 Å². The molecule has 0 aromatic carbocycles. The molecule has 0 fully saturated rings. The van der Waals surface area contributed by atoms with Gasteiger partial charge in [-0.05, 0) is 31.2 Å². The van der Waals surface area contributed by atoms with Gasteiger partial charge in [-0.3, -0.25) is 4.68 Å². The molecule has 0 aliphatic heterocycles. The molecular weight excluding hydrogens is 252 g/mol. The van der Waals surface area contributed by atoms with Crippen LogP contribution >= 0.6 is 0 Å². The summed E-state index contributed by atoms with van der Waals surface area (Å²) < 4.78 is 3.59. The number of hydrogen-bond donors (Lipinski definition) is 1. The second-order valence-electron chi connectivity index (χ2n) is 4.60. The molecule has 0 saturated carbocycles. The summed E-state index contributed by atoms with van der Waals surface area (Å²) in [7, 11) is 1.94. The number of pyridine rings is 1. The molecule has 1 N–H and O–H groups in total. The molecule has 0 spiro atoms. The number of nitrogens with zero attached hydrogens (tertiary/aromatic N) is 5. The zero-order valence-corrected chi connectivity index (χ0v) is 11.4. The van der Waals surface area contributed by atoms with Gasteiger partial charge in [0, 0.05) is 25.6 Å². The largest absolute Gasteiger partial charge is 0.376 e. The number of aromatic nitrogens is 5. The standard InChI is InChI=1S/C14H16N6/c1-11(13-6-8-16-19(13)2)18-12-4-5-14(15-10-12)20-9-3-7-17-20/h3-11,18H,1-2H3. The summed E-state index contributed by atoms with van der Waals surface area (Å²) >= 11 is 0. The molecule has 0 radical (unpaired) electrons. The normalized spacial score (nSPS) is 12.3. The molecule has 3 rings (SSSR count). The molecule has 0 saturated heterocycles. The molecule has 3 heterocycles. The SMILES string of the molecule is CC(Nc1ccc(-n2cccn2)nc1)c1ccnn1C. The maximum absolute atomic E-state index is 4.39. The predicted molar refractivity (Wildman–Crippen MR) is 76.6 cm³/mol. The number of anilines is 1. The lowest BCUT2D eigenvalue weighted by Gasteiger charge is -2.15. The van der Waals surface area contributed by atoms with Gasteiger partial charge in [0.05, 0.1) is 23.6 Å². The Kier molecular flexibility index (Phi) is 3.20. The van der Waals surface area contributed by atoms with Crippen LogP contribution in [0.25, 0.3) is 5.82 Å². The molecule has 6 heteroatoms. The van der Waals surface area contributed by atoms with Crippen molar-refractivity contribution in [2.45, 2.75) is 13.0 Å². The Labute approximate surface area is 117 Å². The van der Waals surface area contributed by atoms with E-state index in [4.69, 9.17) is 0 Å². The van der Waals surface area contributed by atoms with Crippen molar-refractivity contribution in [1.82, 2.24) is 24.5 Å². The van der Waals surface area contributed by atoms with Gasteiger partial charge in [0.2, 0.25) is 0 Å². The van der Waals surface area contributed by atoms with Crippen LogP contribution in [-0.2, 0) is 7.05 Å². The summed E-state index contributed by atoms with van der Waals surface area (Å²) in [5, 5.41) is 11.7. The van der Waals surface area contributed by atoms with Crippen LogP contribution in [0.2, 0.25) is 0 Å². The zero-order chi connectivity index (χ0) is 13.9. The lowest BCUT2D eigenvalue weighted by molar-refractivity contribution is 0.675. The second kappa shape index (κ2) is 5.16. The fourth-order valence-corrected chi connectivity index (χ4v) is 2.14. The maximum atomic E-state index is 4.39.